The van der Waals surface area contributed by atoms with Crippen molar-refractivity contribution in [1.82, 2.24) is 0 Å². The summed E-state index contributed by atoms with van der Waals surface area (Å²) in [5, 5.41) is 0. The monoisotopic (exact) mass is 345 g/mol. The molecule has 1 rings (SSSR count). The van der Waals surface area contributed by atoms with Gasteiger partial charge in [-0.2, -0.15) is 0 Å². The molecule has 1 aromatic carbocycles. The number of carbonyl (C=O) groups is 1. The van der Waals surface area contributed by atoms with E-state index in [1.54, 1.807) is 7.11 Å². The summed E-state index contributed by atoms with van der Waals surface area (Å²) in [6.07, 6.45) is 0.852. The van der Waals surface area contributed by atoms with E-state index in [9.17, 15) is 4.79 Å². The Bertz CT molecular complexity index is 439. The van der Waals surface area contributed by atoms with Crippen molar-refractivity contribution in [3.05, 3.63) is 28.2 Å². The van der Waals surface area contributed by atoms with Crippen LogP contribution in [0.3, 0.4) is 0 Å². The molecule has 0 fully saturated rings. The second-order valence-corrected chi connectivity index (χ2v) is 5.11. The second kappa shape index (κ2) is 8.94. The third-order valence-corrected chi connectivity index (χ3v) is 3.44. The number of rotatable bonds is 8. The minimum absolute atomic E-state index is 0.210. The van der Waals surface area contributed by atoms with Crippen LogP contribution in [0.15, 0.2) is 22.7 Å². The van der Waals surface area contributed by atoms with Crippen molar-refractivity contribution in [1.29, 1.82) is 0 Å². The summed E-state index contributed by atoms with van der Waals surface area (Å²) in [6, 6.07) is 5.45. The average molecular weight is 346 g/mol. The van der Waals surface area contributed by atoms with Gasteiger partial charge in [0.25, 0.3) is 0 Å². The van der Waals surface area contributed by atoms with Gasteiger partial charge in [-0.25, -0.2) is 0 Å². The first-order chi connectivity index (χ1) is 9.58. The lowest BCUT2D eigenvalue weighted by Crippen LogP contribution is -2.13. The molecule has 6 heteroatoms. The van der Waals surface area contributed by atoms with E-state index in [-0.39, 0.29) is 12.0 Å². The van der Waals surface area contributed by atoms with Crippen molar-refractivity contribution in [3.8, 4) is 5.75 Å². The minimum Gasteiger partial charge on any atom is -0.490 e. The number of hydrogen-bond acceptors (Lipinski definition) is 5. The van der Waals surface area contributed by atoms with Gasteiger partial charge in [0, 0.05) is 19.6 Å². The highest BCUT2D eigenvalue weighted by molar-refractivity contribution is 9.10. The Balaban J connectivity index is 2.59. The third kappa shape index (κ3) is 5.48. The molecule has 0 aromatic heterocycles. The normalized spacial score (nSPS) is 12.0. The fraction of sp³-hybridized carbons (Fsp3) is 0.500. The smallest absolute Gasteiger partial charge is 0.305 e. The van der Waals surface area contributed by atoms with Crippen LogP contribution in [-0.2, 0) is 14.3 Å². The molecule has 0 radical (unpaired) electrons. The lowest BCUT2D eigenvalue weighted by atomic mass is 10.0. The standard InChI is InChI=1S/C14H20BrNO4/c1-18-7-8-20-13-5-3-10(9-11(13)15)12(16)4-6-14(17)19-2/h3,5,9,12H,4,6-8,16H2,1-2H3. The van der Waals surface area contributed by atoms with Gasteiger partial charge in [-0.3, -0.25) is 4.79 Å². The summed E-state index contributed by atoms with van der Waals surface area (Å²) >= 11 is 3.45. The quantitative estimate of drug-likeness (QED) is 0.578. The molecule has 112 valence electrons. The Hall–Kier alpha value is -1.11. The van der Waals surface area contributed by atoms with Gasteiger partial charge in [-0.15, -0.1) is 0 Å². The summed E-state index contributed by atoms with van der Waals surface area (Å²) in [6.45, 7) is 1.02. The van der Waals surface area contributed by atoms with E-state index in [1.807, 2.05) is 18.2 Å². The molecular weight excluding hydrogens is 326 g/mol. The number of methoxy groups -OCH3 is 2. The maximum absolute atomic E-state index is 11.1. The maximum atomic E-state index is 11.1. The van der Waals surface area contributed by atoms with Crippen LogP contribution in [0, 0.1) is 0 Å². The van der Waals surface area contributed by atoms with Crippen molar-refractivity contribution in [2.45, 2.75) is 18.9 Å². The zero-order valence-electron chi connectivity index (χ0n) is 11.7. The number of nitrogens with two attached hydrogens (primary N) is 1. The zero-order chi connectivity index (χ0) is 15.0. The molecule has 1 unspecified atom stereocenters. The van der Waals surface area contributed by atoms with Crippen LogP contribution in [0.1, 0.15) is 24.4 Å². The topological polar surface area (TPSA) is 70.8 Å². The van der Waals surface area contributed by atoms with Crippen LogP contribution < -0.4 is 10.5 Å². The van der Waals surface area contributed by atoms with Crippen molar-refractivity contribution < 1.29 is 19.0 Å². The summed E-state index contributed by atoms with van der Waals surface area (Å²) in [5.74, 6) is 0.491. The van der Waals surface area contributed by atoms with Crippen molar-refractivity contribution in [2.24, 2.45) is 5.73 Å². The molecule has 1 aromatic rings. The van der Waals surface area contributed by atoms with Gasteiger partial charge in [0.2, 0.25) is 0 Å². The molecule has 0 spiro atoms. The number of benzene rings is 1. The average Bonchev–Trinajstić information content (AvgIpc) is 2.46. The first kappa shape index (κ1) is 16.9. The van der Waals surface area contributed by atoms with E-state index in [1.165, 1.54) is 7.11 Å². The van der Waals surface area contributed by atoms with Crippen LogP contribution in [0.4, 0.5) is 0 Å². The van der Waals surface area contributed by atoms with E-state index < -0.39 is 0 Å². The molecule has 0 amide bonds. The van der Waals surface area contributed by atoms with Gasteiger partial charge < -0.3 is 19.9 Å². The van der Waals surface area contributed by atoms with Gasteiger partial charge in [0.1, 0.15) is 12.4 Å². The number of ether oxygens (including phenoxy) is 3. The number of hydrogen-bond donors (Lipinski definition) is 1. The fourth-order valence-electron chi connectivity index (χ4n) is 1.64. The van der Waals surface area contributed by atoms with Crippen LogP contribution in [0.25, 0.3) is 0 Å². The molecule has 0 heterocycles. The number of esters is 1. The first-order valence-electron chi connectivity index (χ1n) is 6.32. The Morgan fingerprint density at radius 2 is 2.10 bits per heavy atom. The SMILES string of the molecule is COCCOc1ccc(C(N)CCC(=O)OC)cc1Br. The highest BCUT2D eigenvalue weighted by atomic mass is 79.9. The lowest BCUT2D eigenvalue weighted by Gasteiger charge is -2.14. The predicted molar refractivity (Wildman–Crippen MR) is 79.7 cm³/mol. The van der Waals surface area contributed by atoms with E-state index >= 15 is 0 Å². The zero-order valence-corrected chi connectivity index (χ0v) is 13.3. The molecule has 2 N–H and O–H groups in total. The fourth-order valence-corrected chi connectivity index (χ4v) is 2.15. The molecule has 0 aliphatic rings. The Labute approximate surface area is 127 Å². The van der Waals surface area contributed by atoms with Gasteiger partial charge in [0.15, 0.2) is 0 Å². The lowest BCUT2D eigenvalue weighted by molar-refractivity contribution is -0.140. The molecule has 20 heavy (non-hydrogen) atoms. The van der Waals surface area contributed by atoms with Crippen LogP contribution in [-0.4, -0.2) is 33.4 Å². The van der Waals surface area contributed by atoms with E-state index in [2.05, 4.69) is 20.7 Å². The van der Waals surface area contributed by atoms with Gasteiger partial charge in [0.05, 0.1) is 18.2 Å². The minimum atomic E-state index is -0.251. The van der Waals surface area contributed by atoms with Crippen LogP contribution >= 0.6 is 15.9 Å². The summed E-state index contributed by atoms with van der Waals surface area (Å²) in [7, 11) is 3.00. The molecule has 0 saturated carbocycles. The van der Waals surface area contributed by atoms with Crippen LogP contribution in [0.5, 0.6) is 5.75 Å². The molecule has 1 atom stereocenters. The number of halogens is 1. The largest absolute Gasteiger partial charge is 0.490 e. The van der Waals surface area contributed by atoms with Gasteiger partial charge in [-0.1, -0.05) is 6.07 Å². The molecule has 0 aliphatic heterocycles. The predicted octanol–water partition coefficient (Wildman–Crippen LogP) is 2.43. The molecule has 0 bridgehead atoms. The van der Waals surface area contributed by atoms with Crippen molar-refractivity contribution in [2.75, 3.05) is 27.4 Å². The maximum Gasteiger partial charge on any atom is 0.305 e. The van der Waals surface area contributed by atoms with E-state index in [0.717, 1.165) is 15.8 Å². The summed E-state index contributed by atoms with van der Waals surface area (Å²) in [5.41, 5.74) is 6.99. The molecule has 0 saturated heterocycles. The Morgan fingerprint density at radius 1 is 1.35 bits per heavy atom. The van der Waals surface area contributed by atoms with Gasteiger partial charge >= 0.3 is 5.97 Å². The third-order valence-electron chi connectivity index (χ3n) is 2.82. The Morgan fingerprint density at radius 3 is 2.70 bits per heavy atom. The summed E-state index contributed by atoms with van der Waals surface area (Å²) < 4.78 is 15.9. The van der Waals surface area contributed by atoms with E-state index in [0.29, 0.717) is 26.1 Å². The van der Waals surface area contributed by atoms with Crippen molar-refractivity contribution >= 4 is 21.9 Å². The highest BCUT2D eigenvalue weighted by Crippen LogP contribution is 2.29. The first-order valence-corrected chi connectivity index (χ1v) is 7.11. The number of carbonyl (C=O) groups excluding carboxylic acids is 1. The molecular formula is C14H20BrNO4. The molecule has 0 aliphatic carbocycles. The van der Waals surface area contributed by atoms with Crippen LogP contribution in [0.2, 0.25) is 0 Å². The van der Waals surface area contributed by atoms with E-state index in [4.69, 9.17) is 15.2 Å². The summed E-state index contributed by atoms with van der Waals surface area (Å²) in [4.78, 5) is 11.1. The molecule has 5 nitrogen and oxygen atoms in total. The highest BCUT2D eigenvalue weighted by Gasteiger charge is 2.11. The second-order valence-electron chi connectivity index (χ2n) is 4.25. The van der Waals surface area contributed by atoms with Crippen molar-refractivity contribution in [3.63, 3.8) is 0 Å². The Kier molecular flexibility index (Phi) is 7.58. The van der Waals surface area contributed by atoms with Gasteiger partial charge in [-0.05, 0) is 40.0 Å².